The van der Waals surface area contributed by atoms with Gasteiger partial charge < -0.3 is 9.90 Å². The van der Waals surface area contributed by atoms with Gasteiger partial charge in [-0.2, -0.15) is 0 Å². The van der Waals surface area contributed by atoms with Gasteiger partial charge in [0.15, 0.2) is 0 Å². The van der Waals surface area contributed by atoms with Gasteiger partial charge in [-0.05, 0) is 0 Å². The standard InChI is InChI=1S/C2HCl3O2.Mg/c3-2(4,5)1(6)7;/h(H,6,7);/q;+2/p-1. The zero-order chi connectivity index (χ0) is 6.08. The molecule has 0 fully saturated rings. The Kier molecular flexibility index (Phi) is 5.94. The van der Waals surface area contributed by atoms with Crippen molar-refractivity contribution in [1.82, 2.24) is 0 Å². The molecule has 8 heavy (non-hydrogen) atoms. The number of hydrogen-bond donors (Lipinski definition) is 0. The van der Waals surface area contributed by atoms with Gasteiger partial charge >= 0.3 is 23.1 Å². The monoisotopic (exact) mass is 185 g/mol. The van der Waals surface area contributed by atoms with Gasteiger partial charge in [0.25, 0.3) is 0 Å². The Hall–Kier alpha value is 1.11. The van der Waals surface area contributed by atoms with Crippen LogP contribution in [0.1, 0.15) is 0 Å². The fourth-order valence-electron chi connectivity index (χ4n) is 0. The molecule has 42 valence electrons. The number of carboxylic acids is 1. The van der Waals surface area contributed by atoms with E-state index in [9.17, 15) is 9.90 Å². The third-order valence-electron chi connectivity index (χ3n) is 0.231. The van der Waals surface area contributed by atoms with Crippen molar-refractivity contribution in [3.8, 4) is 0 Å². The van der Waals surface area contributed by atoms with E-state index in [1.54, 1.807) is 0 Å². The smallest absolute Gasteiger partial charge is 0.545 e. The van der Waals surface area contributed by atoms with E-state index >= 15 is 0 Å². The number of hydrogen-bond acceptors (Lipinski definition) is 2. The van der Waals surface area contributed by atoms with Crippen LogP contribution < -0.4 is 5.11 Å². The normalized spacial score (nSPS) is 9.88. The van der Waals surface area contributed by atoms with E-state index in [0.29, 0.717) is 0 Å². The van der Waals surface area contributed by atoms with Crippen LogP contribution in [-0.4, -0.2) is 32.8 Å². The van der Waals surface area contributed by atoms with Crippen molar-refractivity contribution in [3.05, 3.63) is 0 Å². The van der Waals surface area contributed by atoms with Crippen LogP contribution in [0.5, 0.6) is 0 Å². The molecule has 0 atom stereocenters. The molecule has 0 aromatic heterocycles. The molecule has 0 bridgehead atoms. The number of rotatable bonds is 0. The quantitative estimate of drug-likeness (QED) is 0.386. The Balaban J connectivity index is 0. The van der Waals surface area contributed by atoms with Crippen molar-refractivity contribution in [2.75, 3.05) is 0 Å². The summed E-state index contributed by atoms with van der Waals surface area (Å²) in [5.74, 6) is -1.71. The van der Waals surface area contributed by atoms with Gasteiger partial charge in [-0.3, -0.25) is 0 Å². The SMILES string of the molecule is O=C([O-])C(Cl)(Cl)Cl.[Mg+2]. The molecule has 0 aliphatic rings. The van der Waals surface area contributed by atoms with Crippen LogP contribution in [-0.2, 0) is 4.79 Å². The second kappa shape index (κ2) is 4.01. The molecule has 0 aliphatic carbocycles. The van der Waals surface area contributed by atoms with E-state index in [0.717, 1.165) is 0 Å². The topological polar surface area (TPSA) is 40.1 Å². The summed E-state index contributed by atoms with van der Waals surface area (Å²) >= 11 is 14.2. The Morgan fingerprint density at radius 3 is 1.50 bits per heavy atom. The van der Waals surface area contributed by atoms with Gasteiger partial charge in [-0.25, -0.2) is 0 Å². The minimum atomic E-state index is -2.28. The molecule has 0 aromatic rings. The Labute approximate surface area is 77.2 Å². The first kappa shape index (κ1) is 11.8. The molecule has 0 unspecified atom stereocenters. The third kappa shape index (κ3) is 5.25. The zero-order valence-corrected chi connectivity index (χ0v) is 7.34. The van der Waals surface area contributed by atoms with Crippen molar-refractivity contribution in [2.45, 2.75) is 3.79 Å². The molecular weight excluding hydrogens is 187 g/mol. The van der Waals surface area contributed by atoms with Crippen molar-refractivity contribution in [1.29, 1.82) is 0 Å². The molecule has 0 rings (SSSR count). The van der Waals surface area contributed by atoms with Gasteiger partial charge in [0, 0.05) is 0 Å². The predicted molar refractivity (Wildman–Crippen MR) is 31.1 cm³/mol. The predicted octanol–water partition coefficient (Wildman–Crippen LogP) is -0.274. The van der Waals surface area contributed by atoms with Crippen LogP contribution in [0.15, 0.2) is 0 Å². The number of carbonyl (C=O) groups excluding carboxylic acids is 1. The van der Waals surface area contributed by atoms with Crippen LogP contribution in [0.25, 0.3) is 0 Å². The summed E-state index contributed by atoms with van der Waals surface area (Å²) < 4.78 is -2.28. The van der Waals surface area contributed by atoms with Crippen LogP contribution in [0.4, 0.5) is 0 Å². The fourth-order valence-corrected chi connectivity index (χ4v) is 0. The molecule has 0 radical (unpaired) electrons. The van der Waals surface area contributed by atoms with E-state index in [4.69, 9.17) is 34.8 Å². The van der Waals surface area contributed by atoms with E-state index in [2.05, 4.69) is 0 Å². The first-order chi connectivity index (χ1) is 2.94. The molecule has 0 saturated heterocycles. The van der Waals surface area contributed by atoms with Gasteiger partial charge in [-0.1, -0.05) is 34.8 Å². The maximum Gasteiger partial charge on any atom is 2.00 e. The van der Waals surface area contributed by atoms with Crippen LogP contribution >= 0.6 is 34.8 Å². The molecule has 2 nitrogen and oxygen atoms in total. The Bertz CT molecular complexity index is 87.8. The van der Waals surface area contributed by atoms with Crippen molar-refractivity contribution >= 4 is 63.8 Å². The number of carboxylic acid groups (broad SMARTS) is 1. The maximum absolute atomic E-state index is 9.51. The van der Waals surface area contributed by atoms with Crippen LogP contribution in [0.3, 0.4) is 0 Å². The largest absolute Gasteiger partial charge is 2.00 e. The molecule has 0 spiro atoms. The third-order valence-corrected chi connectivity index (χ3v) is 0.694. The van der Waals surface area contributed by atoms with Crippen molar-refractivity contribution < 1.29 is 9.90 Å². The molecule has 0 aliphatic heterocycles. The molecule has 0 heterocycles. The van der Waals surface area contributed by atoms with E-state index in [1.807, 2.05) is 0 Å². The summed E-state index contributed by atoms with van der Waals surface area (Å²) in [6, 6.07) is 0. The number of alkyl halides is 3. The minimum Gasteiger partial charge on any atom is -0.545 e. The zero-order valence-electron chi connectivity index (χ0n) is 3.66. The van der Waals surface area contributed by atoms with E-state index < -0.39 is 9.76 Å². The van der Waals surface area contributed by atoms with Gasteiger partial charge in [0.2, 0.25) is 3.79 Å². The van der Waals surface area contributed by atoms with Gasteiger partial charge in [0.1, 0.15) is 0 Å². The second-order valence-electron chi connectivity index (χ2n) is 0.785. The van der Waals surface area contributed by atoms with Crippen molar-refractivity contribution in [3.63, 3.8) is 0 Å². The molecule has 0 aromatic carbocycles. The number of halogens is 3. The maximum atomic E-state index is 9.51. The van der Waals surface area contributed by atoms with E-state index in [-0.39, 0.29) is 23.1 Å². The Morgan fingerprint density at radius 1 is 1.38 bits per heavy atom. The summed E-state index contributed by atoms with van der Waals surface area (Å²) in [6.07, 6.45) is 0. The molecule has 0 amide bonds. The summed E-state index contributed by atoms with van der Waals surface area (Å²) in [6.45, 7) is 0. The molecule has 6 heteroatoms. The Morgan fingerprint density at radius 2 is 1.50 bits per heavy atom. The minimum absolute atomic E-state index is 0. The number of carbonyl (C=O) groups is 1. The first-order valence-electron chi connectivity index (χ1n) is 1.23. The van der Waals surface area contributed by atoms with Gasteiger partial charge in [0.05, 0.1) is 5.97 Å². The average Bonchev–Trinajstić information content (AvgIpc) is 1.31. The summed E-state index contributed by atoms with van der Waals surface area (Å²) in [4.78, 5) is 9.51. The average molecular weight is 187 g/mol. The van der Waals surface area contributed by atoms with Gasteiger partial charge in [-0.15, -0.1) is 0 Å². The van der Waals surface area contributed by atoms with E-state index in [1.165, 1.54) is 0 Å². The van der Waals surface area contributed by atoms with Crippen molar-refractivity contribution in [2.24, 2.45) is 0 Å². The fraction of sp³-hybridized carbons (Fsp3) is 0.500. The summed E-state index contributed by atoms with van der Waals surface area (Å²) in [5, 5.41) is 9.51. The second-order valence-corrected chi connectivity index (χ2v) is 3.07. The summed E-state index contributed by atoms with van der Waals surface area (Å²) in [7, 11) is 0. The van der Waals surface area contributed by atoms with Crippen LogP contribution in [0.2, 0.25) is 0 Å². The molecule has 0 saturated carbocycles. The number of aliphatic carboxylic acids is 1. The molecule has 0 N–H and O–H groups in total. The first-order valence-corrected chi connectivity index (χ1v) is 2.36. The summed E-state index contributed by atoms with van der Waals surface area (Å²) in [5.41, 5.74) is 0. The molecular formula is C2Cl3MgO2+. The van der Waals surface area contributed by atoms with Crippen LogP contribution in [0, 0.1) is 0 Å².